The zero-order valence-corrected chi connectivity index (χ0v) is 14.0. The van der Waals surface area contributed by atoms with Gasteiger partial charge in [0.2, 0.25) is 0 Å². The van der Waals surface area contributed by atoms with Crippen LogP contribution in [0.2, 0.25) is 0 Å². The number of anilines is 1. The number of benzene rings is 1. The molecule has 0 spiro atoms. The molecule has 21 heavy (non-hydrogen) atoms. The van der Waals surface area contributed by atoms with Gasteiger partial charge >= 0.3 is 0 Å². The van der Waals surface area contributed by atoms with Crippen molar-refractivity contribution in [2.45, 2.75) is 45.6 Å². The maximum atomic E-state index is 5.92. The Hall–Kier alpha value is -1.43. The van der Waals surface area contributed by atoms with Crippen LogP contribution in [0.4, 0.5) is 5.69 Å². The van der Waals surface area contributed by atoms with E-state index in [1.54, 1.807) is 0 Å². The topological polar surface area (TPSA) is 69.6 Å². The number of hydrogen-bond donors (Lipinski definition) is 1. The summed E-state index contributed by atoms with van der Waals surface area (Å²) in [5, 5.41) is 12.4. The van der Waals surface area contributed by atoms with Crippen LogP contribution in [0.3, 0.4) is 0 Å². The first-order chi connectivity index (χ1) is 9.99. The summed E-state index contributed by atoms with van der Waals surface area (Å²) in [5.41, 5.74) is 7.78. The fraction of sp³-hybridized carbons (Fsp3) is 0.533. The van der Waals surface area contributed by atoms with E-state index < -0.39 is 0 Å². The molecule has 1 unspecified atom stereocenters. The number of tetrazole rings is 1. The maximum absolute atomic E-state index is 5.92. The van der Waals surface area contributed by atoms with E-state index in [4.69, 9.17) is 5.73 Å². The van der Waals surface area contributed by atoms with E-state index >= 15 is 0 Å². The highest BCUT2D eigenvalue weighted by atomic mass is 79.9. The highest BCUT2D eigenvalue weighted by Gasteiger charge is 2.36. The number of nitrogens with zero attached hydrogens (tertiary/aromatic N) is 4. The van der Waals surface area contributed by atoms with Gasteiger partial charge in [0, 0.05) is 15.7 Å². The molecule has 0 saturated heterocycles. The second-order valence-corrected chi connectivity index (χ2v) is 7.29. The lowest BCUT2D eigenvalue weighted by Gasteiger charge is -2.38. The van der Waals surface area contributed by atoms with E-state index in [9.17, 15) is 0 Å². The molecule has 1 fully saturated rings. The first kappa shape index (κ1) is 14.5. The summed E-state index contributed by atoms with van der Waals surface area (Å²) in [6.07, 6.45) is 4.83. The second kappa shape index (κ2) is 5.40. The number of nitrogens with two attached hydrogens (primary N) is 1. The predicted octanol–water partition coefficient (Wildman–Crippen LogP) is 3.83. The van der Waals surface area contributed by atoms with Gasteiger partial charge in [0.15, 0.2) is 5.82 Å². The van der Waals surface area contributed by atoms with Crippen LogP contribution in [-0.4, -0.2) is 20.2 Å². The molecule has 0 amide bonds. The third-order valence-corrected chi connectivity index (χ3v) is 5.16. The van der Waals surface area contributed by atoms with Gasteiger partial charge in [0.1, 0.15) is 0 Å². The first-order valence-corrected chi connectivity index (χ1v) is 8.11. The average Bonchev–Trinajstić information content (AvgIpc) is 2.90. The van der Waals surface area contributed by atoms with Gasteiger partial charge in [-0.15, -0.1) is 5.10 Å². The molecule has 2 aromatic rings. The van der Waals surface area contributed by atoms with E-state index in [0.29, 0.717) is 11.7 Å². The minimum absolute atomic E-state index is 0.204. The third-order valence-electron chi connectivity index (χ3n) is 4.47. The number of halogens is 1. The van der Waals surface area contributed by atoms with Crippen LogP contribution < -0.4 is 5.73 Å². The molecule has 1 aromatic heterocycles. The SMILES string of the molecule is CC1(C)CCCCC1n1nnnc1-c1cc(N)ccc1Br. The summed E-state index contributed by atoms with van der Waals surface area (Å²) < 4.78 is 2.94. The molecule has 1 atom stereocenters. The average molecular weight is 350 g/mol. The Balaban J connectivity index is 2.07. The van der Waals surface area contributed by atoms with Crippen LogP contribution >= 0.6 is 15.9 Å². The Kier molecular flexibility index (Phi) is 3.73. The van der Waals surface area contributed by atoms with Crippen LogP contribution in [0, 0.1) is 5.41 Å². The largest absolute Gasteiger partial charge is 0.399 e. The van der Waals surface area contributed by atoms with Crippen LogP contribution in [0.25, 0.3) is 11.4 Å². The smallest absolute Gasteiger partial charge is 0.183 e. The van der Waals surface area contributed by atoms with Gasteiger partial charge in [0.05, 0.1) is 6.04 Å². The van der Waals surface area contributed by atoms with Crippen LogP contribution in [0.1, 0.15) is 45.6 Å². The van der Waals surface area contributed by atoms with Crippen LogP contribution in [-0.2, 0) is 0 Å². The van der Waals surface area contributed by atoms with Gasteiger partial charge < -0.3 is 5.73 Å². The number of aromatic nitrogens is 4. The molecule has 1 aliphatic rings. The summed E-state index contributed by atoms with van der Waals surface area (Å²) in [6.45, 7) is 4.60. The molecule has 112 valence electrons. The molecule has 0 radical (unpaired) electrons. The minimum atomic E-state index is 0.204. The summed E-state index contributed by atoms with van der Waals surface area (Å²) in [4.78, 5) is 0. The van der Waals surface area contributed by atoms with Crippen molar-refractivity contribution in [3.8, 4) is 11.4 Å². The standard InChI is InChI=1S/C15H20BrN5/c1-15(2)8-4-3-5-13(15)21-14(18-19-20-21)11-9-10(17)6-7-12(11)16/h6-7,9,13H,3-5,8,17H2,1-2H3. The van der Waals surface area contributed by atoms with Crippen molar-refractivity contribution in [1.82, 2.24) is 20.2 Å². The minimum Gasteiger partial charge on any atom is -0.399 e. The monoisotopic (exact) mass is 349 g/mol. The molecule has 0 bridgehead atoms. The summed E-state index contributed by atoms with van der Waals surface area (Å²) in [5.74, 6) is 0.786. The Morgan fingerprint density at radius 1 is 1.33 bits per heavy atom. The van der Waals surface area contributed by atoms with Crippen molar-refractivity contribution < 1.29 is 0 Å². The predicted molar refractivity (Wildman–Crippen MR) is 86.7 cm³/mol. The van der Waals surface area contributed by atoms with E-state index in [1.807, 2.05) is 22.9 Å². The lowest BCUT2D eigenvalue weighted by Crippen LogP contribution is -2.31. The highest BCUT2D eigenvalue weighted by Crippen LogP contribution is 2.44. The lowest BCUT2D eigenvalue weighted by molar-refractivity contribution is 0.132. The molecule has 3 rings (SSSR count). The zero-order valence-electron chi connectivity index (χ0n) is 12.4. The molecule has 5 nitrogen and oxygen atoms in total. The van der Waals surface area contributed by atoms with Gasteiger partial charge in [-0.25, -0.2) is 4.68 Å². The first-order valence-electron chi connectivity index (χ1n) is 7.32. The Morgan fingerprint density at radius 2 is 2.14 bits per heavy atom. The fourth-order valence-corrected chi connectivity index (χ4v) is 3.65. The normalized spacial score (nSPS) is 21.4. The summed E-state index contributed by atoms with van der Waals surface area (Å²) >= 11 is 3.57. The van der Waals surface area contributed by atoms with Crippen molar-refractivity contribution in [2.24, 2.45) is 5.41 Å². The number of nitrogen functional groups attached to an aromatic ring is 1. The summed E-state index contributed by atoms with van der Waals surface area (Å²) in [7, 11) is 0. The maximum Gasteiger partial charge on any atom is 0.183 e. The van der Waals surface area contributed by atoms with E-state index in [1.165, 1.54) is 19.3 Å². The molecule has 1 heterocycles. The molecule has 1 aliphatic carbocycles. The Labute approximate surface area is 133 Å². The van der Waals surface area contributed by atoms with Gasteiger partial charge in [-0.3, -0.25) is 0 Å². The molecule has 1 saturated carbocycles. The molecule has 1 aromatic carbocycles. The molecule has 0 aliphatic heterocycles. The van der Waals surface area contributed by atoms with Crippen molar-refractivity contribution in [3.63, 3.8) is 0 Å². The lowest BCUT2D eigenvalue weighted by atomic mass is 9.73. The van der Waals surface area contributed by atoms with Gasteiger partial charge in [0.25, 0.3) is 0 Å². The third kappa shape index (κ3) is 2.69. The van der Waals surface area contributed by atoms with Gasteiger partial charge in [-0.05, 0) is 46.9 Å². The Bertz CT molecular complexity index is 649. The fourth-order valence-electron chi connectivity index (χ4n) is 3.22. The molecule has 6 heteroatoms. The molecule has 2 N–H and O–H groups in total. The molecular formula is C15H20BrN5. The van der Waals surface area contributed by atoms with Crippen LogP contribution in [0.15, 0.2) is 22.7 Å². The van der Waals surface area contributed by atoms with E-state index in [0.717, 1.165) is 22.3 Å². The van der Waals surface area contributed by atoms with Crippen molar-refractivity contribution in [1.29, 1.82) is 0 Å². The van der Waals surface area contributed by atoms with E-state index in [2.05, 4.69) is 45.3 Å². The number of rotatable bonds is 2. The Morgan fingerprint density at radius 3 is 2.90 bits per heavy atom. The van der Waals surface area contributed by atoms with Gasteiger partial charge in [-0.2, -0.15) is 0 Å². The summed E-state index contributed by atoms with van der Waals surface area (Å²) in [6, 6.07) is 6.05. The highest BCUT2D eigenvalue weighted by molar-refractivity contribution is 9.10. The van der Waals surface area contributed by atoms with Crippen molar-refractivity contribution >= 4 is 21.6 Å². The van der Waals surface area contributed by atoms with Crippen molar-refractivity contribution in [2.75, 3.05) is 5.73 Å². The second-order valence-electron chi connectivity index (χ2n) is 6.44. The molecular weight excluding hydrogens is 330 g/mol. The zero-order chi connectivity index (χ0) is 15.0. The number of hydrogen-bond acceptors (Lipinski definition) is 4. The quantitative estimate of drug-likeness (QED) is 0.836. The van der Waals surface area contributed by atoms with Crippen LogP contribution in [0.5, 0.6) is 0 Å². The van der Waals surface area contributed by atoms with E-state index in [-0.39, 0.29) is 5.41 Å². The van der Waals surface area contributed by atoms with Gasteiger partial charge in [-0.1, -0.05) is 42.6 Å². The van der Waals surface area contributed by atoms with Crippen molar-refractivity contribution in [3.05, 3.63) is 22.7 Å².